The fourth-order valence-corrected chi connectivity index (χ4v) is 2.83. The van der Waals surface area contributed by atoms with Crippen LogP contribution in [0.1, 0.15) is 36.7 Å². The minimum absolute atomic E-state index is 0.228. The third-order valence-electron chi connectivity index (χ3n) is 4.39. The molecule has 0 saturated heterocycles. The Balaban J connectivity index is 2.03. The Labute approximate surface area is 175 Å². The van der Waals surface area contributed by atoms with Crippen LogP contribution >= 0.6 is 11.6 Å². The molecule has 2 N–H and O–H groups in total. The highest BCUT2D eigenvalue weighted by Gasteiger charge is 2.29. The number of halogens is 1. The van der Waals surface area contributed by atoms with Gasteiger partial charge in [0.25, 0.3) is 11.8 Å². The molecule has 2 aromatic rings. The van der Waals surface area contributed by atoms with E-state index in [2.05, 4.69) is 10.6 Å². The summed E-state index contributed by atoms with van der Waals surface area (Å²) >= 11 is 6.03. The van der Waals surface area contributed by atoms with Gasteiger partial charge in [-0.1, -0.05) is 55.8 Å². The van der Waals surface area contributed by atoms with E-state index in [0.29, 0.717) is 16.3 Å². The van der Waals surface area contributed by atoms with Gasteiger partial charge in [0.15, 0.2) is 6.10 Å². The van der Waals surface area contributed by atoms with Crippen LogP contribution in [-0.4, -0.2) is 29.9 Å². The van der Waals surface area contributed by atoms with Crippen molar-refractivity contribution < 1.29 is 19.1 Å². The Morgan fingerprint density at radius 1 is 0.966 bits per heavy atom. The van der Waals surface area contributed by atoms with E-state index in [1.165, 1.54) is 6.92 Å². The van der Waals surface area contributed by atoms with Gasteiger partial charge in [-0.15, -0.1) is 0 Å². The molecule has 0 heterocycles. The van der Waals surface area contributed by atoms with E-state index in [0.717, 1.165) is 5.56 Å². The first-order valence-corrected chi connectivity index (χ1v) is 9.71. The molecule has 154 valence electrons. The van der Waals surface area contributed by atoms with E-state index < -0.39 is 24.0 Å². The molecule has 0 saturated carbocycles. The molecule has 2 rings (SSSR count). The number of nitrogens with one attached hydrogen (secondary N) is 2. The van der Waals surface area contributed by atoms with Gasteiger partial charge in [0.05, 0.1) is 10.7 Å². The van der Waals surface area contributed by atoms with Crippen LogP contribution in [0.3, 0.4) is 0 Å². The van der Waals surface area contributed by atoms with E-state index in [9.17, 15) is 14.4 Å². The lowest BCUT2D eigenvalue weighted by molar-refractivity contribution is -0.156. The topological polar surface area (TPSA) is 84.5 Å². The zero-order valence-corrected chi connectivity index (χ0v) is 17.6. The summed E-state index contributed by atoms with van der Waals surface area (Å²) in [5.74, 6) is -1.79. The van der Waals surface area contributed by atoms with Gasteiger partial charge in [-0.05, 0) is 43.5 Å². The molecular weight excluding hydrogens is 392 g/mol. The Morgan fingerprint density at radius 2 is 1.59 bits per heavy atom. The fourth-order valence-electron chi connectivity index (χ4n) is 2.64. The number of carbonyl (C=O) groups is 3. The minimum Gasteiger partial charge on any atom is -0.451 e. The molecule has 0 unspecified atom stereocenters. The van der Waals surface area contributed by atoms with E-state index >= 15 is 0 Å². The maximum absolute atomic E-state index is 12.6. The Bertz CT molecular complexity index is 898. The van der Waals surface area contributed by atoms with Crippen molar-refractivity contribution in [2.75, 3.05) is 5.32 Å². The van der Waals surface area contributed by atoms with Gasteiger partial charge in [-0.2, -0.15) is 0 Å². The smallest absolute Gasteiger partial charge is 0.329 e. The third-order valence-corrected chi connectivity index (χ3v) is 4.72. The van der Waals surface area contributed by atoms with Crippen molar-refractivity contribution in [1.82, 2.24) is 5.32 Å². The average Bonchev–Trinajstić information content (AvgIpc) is 2.67. The summed E-state index contributed by atoms with van der Waals surface area (Å²) in [5, 5.41) is 5.71. The molecule has 0 aromatic heterocycles. The molecule has 7 heteroatoms. The van der Waals surface area contributed by atoms with E-state index in [-0.39, 0.29) is 11.8 Å². The van der Waals surface area contributed by atoms with Crippen molar-refractivity contribution in [3.05, 3.63) is 64.7 Å². The number of benzene rings is 2. The summed E-state index contributed by atoms with van der Waals surface area (Å²) in [6, 6.07) is 13.0. The number of carbonyl (C=O) groups excluding carboxylic acids is 3. The number of hydrogen-bond donors (Lipinski definition) is 2. The number of ether oxygens (including phenoxy) is 1. The maximum atomic E-state index is 12.6. The quantitative estimate of drug-likeness (QED) is 0.669. The van der Waals surface area contributed by atoms with Crippen LogP contribution in [0.2, 0.25) is 5.02 Å². The van der Waals surface area contributed by atoms with Crippen LogP contribution in [0.4, 0.5) is 5.69 Å². The zero-order valence-electron chi connectivity index (χ0n) is 16.9. The standard InChI is InChI=1S/C22H25ClN2O4/c1-13(2)19(25-21(27)16-10-6-5-9-14(16)3)22(28)29-15(4)20(26)24-18-12-8-7-11-17(18)23/h5-13,15,19H,1-4H3,(H,24,26)(H,25,27)/t15-,19-/m0/s1. The molecular formula is C22H25ClN2O4. The molecule has 6 nitrogen and oxygen atoms in total. The van der Waals surface area contributed by atoms with E-state index in [1.807, 2.05) is 19.1 Å². The van der Waals surface area contributed by atoms with Crippen LogP contribution in [0.5, 0.6) is 0 Å². The van der Waals surface area contributed by atoms with Crippen LogP contribution in [0.25, 0.3) is 0 Å². The lowest BCUT2D eigenvalue weighted by Crippen LogP contribution is -2.47. The molecule has 0 bridgehead atoms. The summed E-state index contributed by atoms with van der Waals surface area (Å²) in [6.45, 7) is 6.86. The molecule has 0 aliphatic rings. The number of para-hydroxylation sites is 1. The van der Waals surface area contributed by atoms with Crippen molar-refractivity contribution in [3.8, 4) is 0 Å². The van der Waals surface area contributed by atoms with Crippen molar-refractivity contribution in [2.24, 2.45) is 5.92 Å². The van der Waals surface area contributed by atoms with Crippen LogP contribution in [0.15, 0.2) is 48.5 Å². The zero-order chi connectivity index (χ0) is 21.6. The van der Waals surface area contributed by atoms with Crippen LogP contribution in [0, 0.1) is 12.8 Å². The van der Waals surface area contributed by atoms with Gasteiger partial charge in [-0.3, -0.25) is 9.59 Å². The van der Waals surface area contributed by atoms with Crippen LogP contribution in [-0.2, 0) is 14.3 Å². The molecule has 0 aliphatic heterocycles. The number of aryl methyl sites for hydroxylation is 1. The van der Waals surface area contributed by atoms with E-state index in [4.69, 9.17) is 16.3 Å². The Morgan fingerprint density at radius 3 is 2.21 bits per heavy atom. The average molecular weight is 417 g/mol. The first kappa shape index (κ1) is 22.4. The SMILES string of the molecule is Cc1ccccc1C(=O)N[C@H](C(=O)O[C@@H](C)C(=O)Nc1ccccc1Cl)C(C)C. The second kappa shape index (κ2) is 10.1. The minimum atomic E-state index is -1.06. The first-order valence-electron chi connectivity index (χ1n) is 9.33. The van der Waals surface area contributed by atoms with Crippen LogP contribution < -0.4 is 10.6 Å². The second-order valence-electron chi connectivity index (χ2n) is 7.06. The highest BCUT2D eigenvalue weighted by atomic mass is 35.5. The Kier molecular flexibility index (Phi) is 7.79. The van der Waals surface area contributed by atoms with Gasteiger partial charge in [0, 0.05) is 5.56 Å². The molecule has 2 atom stereocenters. The molecule has 0 aliphatic carbocycles. The van der Waals surface area contributed by atoms with E-state index in [1.54, 1.807) is 50.2 Å². The van der Waals surface area contributed by atoms with Gasteiger partial charge in [0.1, 0.15) is 6.04 Å². The van der Waals surface area contributed by atoms with Gasteiger partial charge < -0.3 is 15.4 Å². The van der Waals surface area contributed by atoms with Crippen molar-refractivity contribution in [3.63, 3.8) is 0 Å². The number of rotatable bonds is 7. The fraction of sp³-hybridized carbons (Fsp3) is 0.318. The summed E-state index contributed by atoms with van der Waals surface area (Å²) in [7, 11) is 0. The molecule has 0 fully saturated rings. The first-order chi connectivity index (χ1) is 13.7. The largest absolute Gasteiger partial charge is 0.451 e. The maximum Gasteiger partial charge on any atom is 0.329 e. The predicted octanol–water partition coefficient (Wildman–Crippen LogP) is 3.97. The van der Waals surface area contributed by atoms with Gasteiger partial charge in [-0.25, -0.2) is 4.79 Å². The summed E-state index contributed by atoms with van der Waals surface area (Å²) in [4.78, 5) is 37.5. The number of amides is 2. The monoisotopic (exact) mass is 416 g/mol. The predicted molar refractivity (Wildman–Crippen MR) is 113 cm³/mol. The van der Waals surface area contributed by atoms with Crippen molar-refractivity contribution in [2.45, 2.75) is 39.8 Å². The lowest BCUT2D eigenvalue weighted by Gasteiger charge is -2.23. The lowest BCUT2D eigenvalue weighted by atomic mass is 10.0. The molecule has 0 spiro atoms. The highest BCUT2D eigenvalue weighted by Crippen LogP contribution is 2.21. The van der Waals surface area contributed by atoms with Crippen molar-refractivity contribution in [1.29, 1.82) is 0 Å². The van der Waals surface area contributed by atoms with Gasteiger partial charge in [0.2, 0.25) is 0 Å². The Hall–Kier alpha value is -2.86. The summed E-state index contributed by atoms with van der Waals surface area (Å²) in [5.41, 5.74) is 1.71. The number of esters is 1. The second-order valence-corrected chi connectivity index (χ2v) is 7.47. The number of anilines is 1. The summed E-state index contributed by atoms with van der Waals surface area (Å²) < 4.78 is 5.31. The molecule has 2 amide bonds. The third kappa shape index (κ3) is 6.06. The molecule has 2 aromatic carbocycles. The molecule has 29 heavy (non-hydrogen) atoms. The normalized spacial score (nSPS) is 12.8. The number of hydrogen-bond acceptors (Lipinski definition) is 4. The highest BCUT2D eigenvalue weighted by molar-refractivity contribution is 6.33. The van der Waals surface area contributed by atoms with Gasteiger partial charge >= 0.3 is 5.97 Å². The summed E-state index contributed by atoms with van der Waals surface area (Å²) in [6.07, 6.45) is -1.06. The molecule has 0 radical (unpaired) electrons. The van der Waals surface area contributed by atoms with Crippen molar-refractivity contribution >= 4 is 35.1 Å².